The number of carbonyl (C=O) groups is 2. The molecule has 1 aromatic rings. The zero-order valence-electron chi connectivity index (χ0n) is 12.5. The number of benzene rings is 1. The van der Waals surface area contributed by atoms with Crippen LogP contribution in [0.1, 0.15) is 30.1 Å². The van der Waals surface area contributed by atoms with Crippen LogP contribution in [-0.2, 0) is 14.6 Å². The van der Waals surface area contributed by atoms with Crippen molar-refractivity contribution in [2.75, 3.05) is 23.4 Å². The van der Waals surface area contributed by atoms with Crippen molar-refractivity contribution < 1.29 is 18.0 Å². The highest BCUT2D eigenvalue weighted by Crippen LogP contribution is 2.12. The Morgan fingerprint density at radius 2 is 2.09 bits per heavy atom. The minimum atomic E-state index is -2.90. The molecule has 1 amide bonds. The van der Waals surface area contributed by atoms with Gasteiger partial charge in [0, 0.05) is 30.3 Å². The number of ketones is 1. The Kier molecular flexibility index (Phi) is 5.31. The lowest BCUT2D eigenvalue weighted by Gasteiger charge is -2.11. The lowest BCUT2D eigenvalue weighted by atomic mass is 10.1. The topological polar surface area (TPSA) is 92.3 Å². The van der Waals surface area contributed by atoms with Crippen molar-refractivity contribution in [2.24, 2.45) is 0 Å². The average molecular weight is 324 g/mol. The fraction of sp³-hybridized carbons (Fsp3) is 0.467. The smallest absolute Gasteiger partial charge is 0.225 e. The van der Waals surface area contributed by atoms with E-state index in [0.29, 0.717) is 24.2 Å². The second kappa shape index (κ2) is 7.02. The molecule has 0 aromatic heterocycles. The maximum atomic E-state index is 11.8. The van der Waals surface area contributed by atoms with Crippen molar-refractivity contribution >= 4 is 27.2 Å². The zero-order valence-corrected chi connectivity index (χ0v) is 13.3. The summed E-state index contributed by atoms with van der Waals surface area (Å²) in [5.41, 5.74) is 1.13. The first kappa shape index (κ1) is 16.6. The molecule has 22 heavy (non-hydrogen) atoms. The SMILES string of the molecule is CC(=O)c1cccc(NC(=O)CCNC2CCS(=O)(=O)C2)c1. The number of nitrogens with one attached hydrogen (secondary N) is 2. The molecule has 0 spiro atoms. The van der Waals surface area contributed by atoms with E-state index < -0.39 is 9.84 Å². The first-order valence-corrected chi connectivity index (χ1v) is 9.02. The molecule has 1 saturated heterocycles. The highest BCUT2D eigenvalue weighted by molar-refractivity contribution is 7.91. The molecule has 120 valence electrons. The van der Waals surface area contributed by atoms with Gasteiger partial charge in [-0.3, -0.25) is 9.59 Å². The first-order valence-electron chi connectivity index (χ1n) is 7.20. The first-order chi connectivity index (χ1) is 10.4. The summed E-state index contributed by atoms with van der Waals surface area (Å²) >= 11 is 0. The number of anilines is 1. The number of hydrogen-bond acceptors (Lipinski definition) is 5. The quantitative estimate of drug-likeness (QED) is 0.762. The predicted molar refractivity (Wildman–Crippen MR) is 84.8 cm³/mol. The van der Waals surface area contributed by atoms with Gasteiger partial charge in [0.05, 0.1) is 11.5 Å². The third kappa shape index (κ3) is 4.92. The van der Waals surface area contributed by atoms with E-state index >= 15 is 0 Å². The van der Waals surface area contributed by atoms with Crippen molar-refractivity contribution in [3.63, 3.8) is 0 Å². The highest BCUT2D eigenvalue weighted by Gasteiger charge is 2.27. The van der Waals surface area contributed by atoms with E-state index in [2.05, 4.69) is 10.6 Å². The maximum Gasteiger partial charge on any atom is 0.225 e. The third-order valence-corrected chi connectivity index (χ3v) is 5.34. The Labute approximate surface area is 130 Å². The van der Waals surface area contributed by atoms with Gasteiger partial charge in [0.15, 0.2) is 15.6 Å². The molecule has 1 aromatic carbocycles. The Morgan fingerprint density at radius 3 is 2.73 bits per heavy atom. The van der Waals surface area contributed by atoms with Crippen LogP contribution in [0.4, 0.5) is 5.69 Å². The van der Waals surface area contributed by atoms with Crippen LogP contribution in [0.5, 0.6) is 0 Å². The summed E-state index contributed by atoms with van der Waals surface area (Å²) in [5, 5.41) is 5.82. The number of carbonyl (C=O) groups excluding carboxylic acids is 2. The van der Waals surface area contributed by atoms with Crippen LogP contribution in [0.25, 0.3) is 0 Å². The number of rotatable bonds is 6. The molecule has 1 aliphatic rings. The Balaban J connectivity index is 1.76. The van der Waals surface area contributed by atoms with Gasteiger partial charge in [0.25, 0.3) is 0 Å². The van der Waals surface area contributed by atoms with Crippen LogP contribution in [0.15, 0.2) is 24.3 Å². The van der Waals surface area contributed by atoms with Gasteiger partial charge in [-0.2, -0.15) is 0 Å². The molecule has 0 aliphatic carbocycles. The van der Waals surface area contributed by atoms with Crippen LogP contribution in [0.3, 0.4) is 0 Å². The van der Waals surface area contributed by atoms with Crippen molar-refractivity contribution in [1.29, 1.82) is 0 Å². The molecular weight excluding hydrogens is 304 g/mol. The molecule has 2 rings (SSSR count). The lowest BCUT2D eigenvalue weighted by molar-refractivity contribution is -0.116. The second-order valence-corrected chi connectivity index (χ2v) is 7.72. The lowest BCUT2D eigenvalue weighted by Crippen LogP contribution is -2.32. The Morgan fingerprint density at radius 1 is 1.32 bits per heavy atom. The number of sulfone groups is 1. The number of hydrogen-bond donors (Lipinski definition) is 2. The van der Waals surface area contributed by atoms with Crippen LogP contribution in [-0.4, -0.2) is 44.2 Å². The minimum absolute atomic E-state index is 0.0554. The van der Waals surface area contributed by atoms with E-state index in [1.807, 2.05) is 0 Å². The second-order valence-electron chi connectivity index (χ2n) is 5.49. The fourth-order valence-corrected chi connectivity index (χ4v) is 4.09. The van der Waals surface area contributed by atoms with E-state index in [1.54, 1.807) is 24.3 Å². The summed E-state index contributed by atoms with van der Waals surface area (Å²) < 4.78 is 22.6. The van der Waals surface area contributed by atoms with Crippen molar-refractivity contribution in [3.05, 3.63) is 29.8 Å². The average Bonchev–Trinajstić information content (AvgIpc) is 2.78. The van der Waals surface area contributed by atoms with E-state index in [9.17, 15) is 18.0 Å². The van der Waals surface area contributed by atoms with Crippen molar-refractivity contribution in [1.82, 2.24) is 5.32 Å². The molecule has 6 nitrogen and oxygen atoms in total. The van der Waals surface area contributed by atoms with Gasteiger partial charge in [-0.1, -0.05) is 12.1 Å². The van der Waals surface area contributed by atoms with E-state index in [0.717, 1.165) is 0 Å². The molecule has 1 aliphatic heterocycles. The Hall–Kier alpha value is -1.73. The van der Waals surface area contributed by atoms with Gasteiger partial charge in [-0.25, -0.2) is 8.42 Å². The van der Waals surface area contributed by atoms with E-state index in [1.165, 1.54) is 6.92 Å². The summed E-state index contributed by atoms with van der Waals surface area (Å²) in [5.74, 6) is 0.138. The van der Waals surface area contributed by atoms with Gasteiger partial charge in [-0.05, 0) is 25.5 Å². The number of Topliss-reactive ketones (excluding diaryl/α,β-unsaturated/α-hetero) is 1. The maximum absolute atomic E-state index is 11.8. The molecule has 1 fully saturated rings. The van der Waals surface area contributed by atoms with Gasteiger partial charge in [-0.15, -0.1) is 0 Å². The zero-order chi connectivity index (χ0) is 16.2. The summed E-state index contributed by atoms with van der Waals surface area (Å²) in [6.45, 7) is 1.90. The largest absolute Gasteiger partial charge is 0.326 e. The van der Waals surface area contributed by atoms with Gasteiger partial charge in [0.2, 0.25) is 5.91 Å². The Bertz CT molecular complexity index is 670. The highest BCUT2D eigenvalue weighted by atomic mass is 32.2. The van der Waals surface area contributed by atoms with Crippen LogP contribution in [0, 0.1) is 0 Å². The molecular formula is C15H20N2O4S. The molecule has 7 heteroatoms. The minimum Gasteiger partial charge on any atom is -0.326 e. The summed E-state index contributed by atoms with van der Waals surface area (Å²) in [4.78, 5) is 23.1. The van der Waals surface area contributed by atoms with Gasteiger partial charge < -0.3 is 10.6 Å². The predicted octanol–water partition coefficient (Wildman–Crippen LogP) is 0.994. The molecule has 0 bridgehead atoms. The molecule has 1 heterocycles. The molecule has 1 unspecified atom stereocenters. The van der Waals surface area contributed by atoms with Crippen LogP contribution >= 0.6 is 0 Å². The normalized spacial score (nSPS) is 19.8. The molecule has 1 atom stereocenters. The standard InChI is InChI=1S/C15H20N2O4S/c1-11(18)12-3-2-4-13(9-12)17-15(19)5-7-16-14-6-8-22(20,21)10-14/h2-4,9,14,16H,5-8,10H2,1H3,(H,17,19). The van der Waals surface area contributed by atoms with E-state index in [4.69, 9.17) is 0 Å². The van der Waals surface area contributed by atoms with Gasteiger partial charge in [0.1, 0.15) is 0 Å². The van der Waals surface area contributed by atoms with E-state index in [-0.39, 0.29) is 35.7 Å². The fourth-order valence-electron chi connectivity index (χ4n) is 2.39. The molecule has 2 N–H and O–H groups in total. The number of amides is 1. The van der Waals surface area contributed by atoms with Crippen LogP contribution in [0.2, 0.25) is 0 Å². The van der Waals surface area contributed by atoms with Crippen molar-refractivity contribution in [3.8, 4) is 0 Å². The summed E-state index contributed by atoms with van der Waals surface area (Å²) in [7, 11) is -2.90. The molecule has 0 saturated carbocycles. The molecule has 0 radical (unpaired) electrons. The monoisotopic (exact) mass is 324 g/mol. The third-order valence-electron chi connectivity index (χ3n) is 3.57. The van der Waals surface area contributed by atoms with Crippen LogP contribution < -0.4 is 10.6 Å². The van der Waals surface area contributed by atoms with Gasteiger partial charge >= 0.3 is 0 Å². The van der Waals surface area contributed by atoms with Crippen molar-refractivity contribution in [2.45, 2.75) is 25.8 Å². The summed E-state index contributed by atoms with van der Waals surface area (Å²) in [6.07, 6.45) is 0.853. The summed E-state index contributed by atoms with van der Waals surface area (Å²) in [6, 6.07) is 6.71.